The van der Waals surface area contributed by atoms with Gasteiger partial charge >= 0.3 is 0 Å². The van der Waals surface area contributed by atoms with E-state index >= 15 is 0 Å². The van der Waals surface area contributed by atoms with Gasteiger partial charge in [-0.2, -0.15) is 0 Å². The fourth-order valence-electron chi connectivity index (χ4n) is 3.71. The number of benzene rings is 2. The number of fused-ring (bicyclic) bond motifs is 2. The number of nitrogen functional groups attached to an aromatic ring is 1. The summed E-state index contributed by atoms with van der Waals surface area (Å²) < 4.78 is 0. The maximum absolute atomic E-state index is 13.2. The van der Waals surface area contributed by atoms with Crippen LogP contribution in [0.1, 0.15) is 20.8 Å². The maximum atomic E-state index is 13.2. The van der Waals surface area contributed by atoms with Crippen LogP contribution in [0.15, 0.2) is 60.7 Å². The van der Waals surface area contributed by atoms with Gasteiger partial charge in [0.05, 0.1) is 11.4 Å². The number of amides is 1. The molecule has 0 bridgehead atoms. The molecule has 138 valence electrons. The van der Waals surface area contributed by atoms with Gasteiger partial charge in [0.2, 0.25) is 0 Å². The van der Waals surface area contributed by atoms with E-state index in [2.05, 4.69) is 37.3 Å². The van der Waals surface area contributed by atoms with Gasteiger partial charge < -0.3 is 10.6 Å². The fourth-order valence-corrected chi connectivity index (χ4v) is 4.76. The van der Waals surface area contributed by atoms with Crippen LogP contribution in [0, 0.1) is 6.92 Å². The number of nitrogens with zero attached hydrogens (tertiary/aromatic N) is 2. The van der Waals surface area contributed by atoms with Crippen LogP contribution < -0.4 is 10.6 Å². The van der Waals surface area contributed by atoms with Crippen molar-refractivity contribution >= 4 is 38.8 Å². The second-order valence-corrected chi connectivity index (χ2v) is 8.09. The molecule has 1 aliphatic rings. The monoisotopic (exact) mass is 385 g/mol. The Kier molecular flexibility index (Phi) is 3.91. The van der Waals surface area contributed by atoms with Crippen LogP contribution in [0.25, 0.3) is 21.5 Å². The van der Waals surface area contributed by atoms with Crippen LogP contribution in [0.5, 0.6) is 0 Å². The van der Waals surface area contributed by atoms with Crippen LogP contribution in [-0.4, -0.2) is 17.4 Å². The Morgan fingerprint density at radius 3 is 2.68 bits per heavy atom. The molecular formula is C23H19N3OS. The molecule has 0 radical (unpaired) electrons. The highest BCUT2D eigenvalue weighted by Crippen LogP contribution is 2.37. The van der Waals surface area contributed by atoms with Crippen molar-refractivity contribution in [2.75, 3.05) is 17.2 Å². The normalized spacial score (nSPS) is 13.1. The van der Waals surface area contributed by atoms with Crippen LogP contribution in [-0.2, 0) is 6.42 Å². The van der Waals surface area contributed by atoms with E-state index in [-0.39, 0.29) is 5.91 Å². The molecule has 0 saturated carbocycles. The highest BCUT2D eigenvalue weighted by molar-refractivity contribution is 7.21. The van der Waals surface area contributed by atoms with Crippen LogP contribution in [0.2, 0.25) is 0 Å². The Hall–Kier alpha value is -3.18. The molecule has 0 saturated heterocycles. The van der Waals surface area contributed by atoms with Crippen molar-refractivity contribution in [2.45, 2.75) is 13.3 Å². The molecule has 4 nitrogen and oxygen atoms in total. The van der Waals surface area contributed by atoms with E-state index in [0.717, 1.165) is 33.6 Å². The molecular weight excluding hydrogens is 366 g/mol. The van der Waals surface area contributed by atoms with E-state index < -0.39 is 0 Å². The first-order valence-corrected chi connectivity index (χ1v) is 10.1. The molecule has 0 atom stereocenters. The zero-order valence-corrected chi connectivity index (χ0v) is 16.3. The number of carbonyl (C=O) groups excluding carboxylic acids is 1. The lowest BCUT2D eigenvalue weighted by Crippen LogP contribution is -2.28. The highest BCUT2D eigenvalue weighted by atomic mass is 32.1. The van der Waals surface area contributed by atoms with Crippen molar-refractivity contribution in [3.05, 3.63) is 76.7 Å². The third-order valence-corrected chi connectivity index (χ3v) is 6.37. The van der Waals surface area contributed by atoms with Crippen LogP contribution >= 0.6 is 11.3 Å². The van der Waals surface area contributed by atoms with Gasteiger partial charge in [-0.05, 0) is 37.1 Å². The molecule has 5 rings (SSSR count). The van der Waals surface area contributed by atoms with Crippen molar-refractivity contribution < 1.29 is 4.79 Å². The summed E-state index contributed by atoms with van der Waals surface area (Å²) in [6.07, 6.45) is 0.878. The van der Waals surface area contributed by atoms with Gasteiger partial charge in [-0.25, -0.2) is 4.98 Å². The largest absolute Gasteiger partial charge is 0.397 e. The molecule has 1 amide bonds. The number of hydrogen-bond acceptors (Lipinski definition) is 4. The van der Waals surface area contributed by atoms with Gasteiger partial charge in [0.15, 0.2) is 0 Å². The summed E-state index contributed by atoms with van der Waals surface area (Å²) in [5, 5.41) is 0.844. The highest BCUT2D eigenvalue weighted by Gasteiger charge is 2.28. The first kappa shape index (κ1) is 17.0. The van der Waals surface area contributed by atoms with E-state index in [1.807, 2.05) is 35.2 Å². The lowest BCUT2D eigenvalue weighted by atomic mass is 10.1. The summed E-state index contributed by atoms with van der Waals surface area (Å²) in [4.78, 5) is 21.2. The number of rotatable bonds is 2. The van der Waals surface area contributed by atoms with Gasteiger partial charge in [-0.15, -0.1) is 11.3 Å². The molecule has 5 heteroatoms. The average Bonchev–Trinajstić information content (AvgIpc) is 3.29. The predicted octanol–water partition coefficient (Wildman–Crippen LogP) is 5.06. The van der Waals surface area contributed by atoms with E-state index in [1.165, 1.54) is 22.5 Å². The number of anilines is 2. The van der Waals surface area contributed by atoms with Gasteiger partial charge in [0, 0.05) is 23.2 Å². The van der Waals surface area contributed by atoms with Crippen molar-refractivity contribution in [3.63, 3.8) is 0 Å². The molecule has 2 aromatic carbocycles. The molecule has 4 aromatic rings. The topological polar surface area (TPSA) is 59.2 Å². The van der Waals surface area contributed by atoms with E-state index in [0.29, 0.717) is 17.1 Å². The zero-order valence-electron chi connectivity index (χ0n) is 15.5. The van der Waals surface area contributed by atoms with Gasteiger partial charge in [-0.1, -0.05) is 48.0 Å². The quantitative estimate of drug-likeness (QED) is 0.525. The number of aryl methyl sites for hydroxylation is 1. The van der Waals surface area contributed by atoms with Crippen molar-refractivity contribution in [1.82, 2.24) is 4.98 Å². The number of carbonyl (C=O) groups is 1. The van der Waals surface area contributed by atoms with E-state index in [4.69, 9.17) is 10.7 Å². The third kappa shape index (κ3) is 2.67. The Morgan fingerprint density at radius 2 is 1.86 bits per heavy atom. The predicted molar refractivity (Wildman–Crippen MR) is 116 cm³/mol. The second-order valence-electron chi connectivity index (χ2n) is 7.10. The summed E-state index contributed by atoms with van der Waals surface area (Å²) in [6.45, 7) is 2.75. The van der Waals surface area contributed by atoms with E-state index in [9.17, 15) is 4.79 Å². The molecule has 0 unspecified atom stereocenters. The lowest BCUT2D eigenvalue weighted by Gasteiger charge is -2.16. The number of nitrogens with two attached hydrogens (primary N) is 1. The summed E-state index contributed by atoms with van der Waals surface area (Å²) in [7, 11) is 0. The molecule has 1 aliphatic heterocycles. The molecule has 0 spiro atoms. The molecule has 28 heavy (non-hydrogen) atoms. The van der Waals surface area contributed by atoms with Crippen molar-refractivity contribution in [1.29, 1.82) is 0 Å². The van der Waals surface area contributed by atoms with Crippen LogP contribution in [0.3, 0.4) is 0 Å². The Balaban J connectivity index is 1.55. The standard InChI is InChI=1S/C23H19N3OS/c1-14-6-8-15(9-7-14)18-11-10-17-20(24)21(28-22(17)25-18)23(27)26-13-12-16-4-2-3-5-19(16)26/h2-11H,12-13,24H2,1H3. The minimum atomic E-state index is -0.0395. The van der Waals surface area contributed by atoms with Gasteiger partial charge in [-0.3, -0.25) is 4.79 Å². The Labute approximate surface area is 167 Å². The number of para-hydroxylation sites is 1. The lowest BCUT2D eigenvalue weighted by molar-refractivity contribution is 0.0994. The SMILES string of the molecule is Cc1ccc(-c2ccc3c(N)c(C(=O)N4CCc5ccccc54)sc3n2)cc1. The fraction of sp³-hybridized carbons (Fsp3) is 0.130. The summed E-state index contributed by atoms with van der Waals surface area (Å²) >= 11 is 1.38. The maximum Gasteiger partial charge on any atom is 0.270 e. The molecule has 0 fully saturated rings. The number of pyridine rings is 1. The third-order valence-electron chi connectivity index (χ3n) is 5.27. The summed E-state index contributed by atoms with van der Waals surface area (Å²) in [6, 6.07) is 20.3. The number of hydrogen-bond donors (Lipinski definition) is 1. The van der Waals surface area contributed by atoms with Crippen LogP contribution in [0.4, 0.5) is 11.4 Å². The Morgan fingerprint density at radius 1 is 1.07 bits per heavy atom. The summed E-state index contributed by atoms with van der Waals surface area (Å²) in [5.41, 5.74) is 12.2. The van der Waals surface area contributed by atoms with Gasteiger partial charge in [0.1, 0.15) is 9.71 Å². The summed E-state index contributed by atoms with van der Waals surface area (Å²) in [5.74, 6) is -0.0395. The zero-order chi connectivity index (χ0) is 19.3. The minimum absolute atomic E-state index is 0.0395. The molecule has 2 aromatic heterocycles. The number of aromatic nitrogens is 1. The smallest absolute Gasteiger partial charge is 0.270 e. The number of thiophene rings is 1. The molecule has 0 aliphatic carbocycles. The average molecular weight is 385 g/mol. The molecule has 2 N–H and O–H groups in total. The Bertz CT molecular complexity index is 1210. The first-order valence-electron chi connectivity index (χ1n) is 9.27. The first-order chi connectivity index (χ1) is 13.6. The van der Waals surface area contributed by atoms with Gasteiger partial charge in [0.25, 0.3) is 5.91 Å². The van der Waals surface area contributed by atoms with E-state index in [1.54, 1.807) is 0 Å². The van der Waals surface area contributed by atoms with Crippen molar-refractivity contribution in [3.8, 4) is 11.3 Å². The minimum Gasteiger partial charge on any atom is -0.397 e. The second kappa shape index (κ2) is 6.46. The molecule has 3 heterocycles. The van der Waals surface area contributed by atoms with Crippen molar-refractivity contribution in [2.24, 2.45) is 0 Å².